The summed E-state index contributed by atoms with van der Waals surface area (Å²) in [4.78, 5) is 0. The zero-order valence-electron chi connectivity index (χ0n) is 10.5. The van der Waals surface area contributed by atoms with Gasteiger partial charge < -0.3 is 0 Å². The molecule has 0 unspecified atom stereocenters. The van der Waals surface area contributed by atoms with Gasteiger partial charge in [0, 0.05) is 18.3 Å². The Hall–Kier alpha value is -1.57. The van der Waals surface area contributed by atoms with Crippen LogP contribution in [0.5, 0.6) is 0 Å². The molecule has 16 heavy (non-hydrogen) atoms. The van der Waals surface area contributed by atoms with Gasteiger partial charge in [-0.15, -0.1) is 0 Å². The largest absolute Gasteiger partial charge is 0.272 e. The summed E-state index contributed by atoms with van der Waals surface area (Å²) in [6, 6.07) is 0. The van der Waals surface area contributed by atoms with Gasteiger partial charge in [-0.1, -0.05) is 39.2 Å². The molecular weight excluding hydrogens is 196 g/mol. The standard InChI is InChI=1S/C12H14N2.C2H6/c1-4-9-6-7-12-11(10(9)5-2)8-13-14(12)3;1-2/h4-5,8H,1-2,6-7H2,3H3;1-2H3. The van der Waals surface area contributed by atoms with Gasteiger partial charge in [0.15, 0.2) is 0 Å². The molecule has 0 saturated carbocycles. The molecule has 0 radical (unpaired) electrons. The van der Waals surface area contributed by atoms with Crippen molar-refractivity contribution in [3.05, 3.63) is 48.3 Å². The highest BCUT2D eigenvalue weighted by atomic mass is 15.3. The summed E-state index contributed by atoms with van der Waals surface area (Å²) in [6.07, 6.45) is 7.82. The highest BCUT2D eigenvalue weighted by Gasteiger charge is 2.18. The van der Waals surface area contributed by atoms with E-state index in [-0.39, 0.29) is 0 Å². The Balaban J connectivity index is 0.000000606. The average molecular weight is 216 g/mol. The molecule has 0 aliphatic heterocycles. The van der Waals surface area contributed by atoms with E-state index < -0.39 is 0 Å². The van der Waals surface area contributed by atoms with E-state index in [9.17, 15) is 0 Å². The van der Waals surface area contributed by atoms with Crippen LogP contribution < -0.4 is 0 Å². The summed E-state index contributed by atoms with van der Waals surface area (Å²) in [5.41, 5.74) is 4.98. The number of aromatic nitrogens is 2. The quantitative estimate of drug-likeness (QED) is 0.739. The second kappa shape index (κ2) is 5.50. The molecule has 0 saturated heterocycles. The highest BCUT2D eigenvalue weighted by Crippen LogP contribution is 2.31. The van der Waals surface area contributed by atoms with Crippen molar-refractivity contribution >= 4 is 5.57 Å². The number of hydrogen-bond acceptors (Lipinski definition) is 1. The summed E-state index contributed by atoms with van der Waals surface area (Å²) in [6.45, 7) is 11.7. The molecule has 1 aromatic heterocycles. The summed E-state index contributed by atoms with van der Waals surface area (Å²) in [5, 5.41) is 4.27. The first-order valence-electron chi connectivity index (χ1n) is 5.77. The number of nitrogens with zero attached hydrogens (tertiary/aromatic N) is 2. The summed E-state index contributed by atoms with van der Waals surface area (Å²) in [5.74, 6) is 0. The molecule has 1 aromatic rings. The third-order valence-electron chi connectivity index (χ3n) is 2.78. The Morgan fingerprint density at radius 1 is 1.25 bits per heavy atom. The van der Waals surface area contributed by atoms with E-state index >= 15 is 0 Å². The van der Waals surface area contributed by atoms with E-state index in [0.717, 1.165) is 12.8 Å². The highest BCUT2D eigenvalue weighted by molar-refractivity contribution is 5.80. The predicted octanol–water partition coefficient (Wildman–Crippen LogP) is 3.52. The molecule has 2 heteroatoms. The van der Waals surface area contributed by atoms with Gasteiger partial charge in [0.05, 0.1) is 6.20 Å². The second-order valence-electron chi connectivity index (χ2n) is 3.48. The molecule has 0 bridgehead atoms. The number of rotatable bonds is 2. The minimum Gasteiger partial charge on any atom is -0.272 e. The maximum atomic E-state index is 4.27. The summed E-state index contributed by atoms with van der Waals surface area (Å²) >= 11 is 0. The minimum absolute atomic E-state index is 1.04. The van der Waals surface area contributed by atoms with E-state index in [4.69, 9.17) is 0 Å². The zero-order chi connectivity index (χ0) is 12.1. The van der Waals surface area contributed by atoms with E-state index in [2.05, 4.69) is 18.3 Å². The minimum atomic E-state index is 1.04. The molecule has 2 rings (SSSR count). The van der Waals surface area contributed by atoms with Gasteiger partial charge in [-0.05, 0) is 24.0 Å². The topological polar surface area (TPSA) is 17.8 Å². The van der Waals surface area contributed by atoms with Crippen LogP contribution in [0.2, 0.25) is 0 Å². The summed E-state index contributed by atoms with van der Waals surface area (Å²) in [7, 11) is 1.98. The van der Waals surface area contributed by atoms with E-state index in [1.807, 2.05) is 43.9 Å². The Morgan fingerprint density at radius 2 is 1.94 bits per heavy atom. The van der Waals surface area contributed by atoms with Gasteiger partial charge in [-0.2, -0.15) is 5.10 Å². The van der Waals surface area contributed by atoms with Crippen molar-refractivity contribution in [2.24, 2.45) is 7.05 Å². The van der Waals surface area contributed by atoms with Crippen LogP contribution in [0.15, 0.2) is 37.1 Å². The van der Waals surface area contributed by atoms with Crippen LogP contribution >= 0.6 is 0 Å². The van der Waals surface area contributed by atoms with Crippen molar-refractivity contribution in [3.63, 3.8) is 0 Å². The molecule has 1 aliphatic rings. The molecule has 0 aromatic carbocycles. The van der Waals surface area contributed by atoms with Crippen molar-refractivity contribution in [3.8, 4) is 0 Å². The lowest BCUT2D eigenvalue weighted by atomic mass is 9.90. The Labute approximate surface area is 98.0 Å². The fourth-order valence-electron chi connectivity index (χ4n) is 2.00. The fraction of sp³-hybridized carbons (Fsp3) is 0.357. The lowest BCUT2D eigenvalue weighted by Crippen LogP contribution is -2.06. The van der Waals surface area contributed by atoms with Gasteiger partial charge >= 0.3 is 0 Å². The molecule has 1 aliphatic carbocycles. The lowest BCUT2D eigenvalue weighted by Gasteiger charge is -2.16. The molecule has 0 atom stereocenters. The summed E-state index contributed by atoms with van der Waals surface area (Å²) < 4.78 is 1.94. The normalized spacial score (nSPS) is 13.7. The van der Waals surface area contributed by atoms with E-state index in [1.165, 1.54) is 22.4 Å². The van der Waals surface area contributed by atoms with Crippen molar-refractivity contribution in [2.45, 2.75) is 26.7 Å². The molecule has 2 nitrogen and oxygen atoms in total. The molecular formula is C14H20N2. The SMILES string of the molecule is C=CC1=C(C=C)c2cnn(C)c2CC1.CC. The predicted molar refractivity (Wildman–Crippen MR) is 70.2 cm³/mol. The Kier molecular flexibility index (Phi) is 4.29. The Bertz CT molecular complexity index is 422. The van der Waals surface area contributed by atoms with Crippen LogP contribution in [0.4, 0.5) is 0 Å². The zero-order valence-corrected chi connectivity index (χ0v) is 10.5. The number of allylic oxidation sites excluding steroid dienone is 4. The van der Waals surface area contributed by atoms with Crippen molar-refractivity contribution < 1.29 is 0 Å². The van der Waals surface area contributed by atoms with Crippen LogP contribution in [0.3, 0.4) is 0 Å². The third kappa shape index (κ3) is 2.01. The Morgan fingerprint density at radius 3 is 2.50 bits per heavy atom. The van der Waals surface area contributed by atoms with E-state index in [0.29, 0.717) is 0 Å². The van der Waals surface area contributed by atoms with Crippen molar-refractivity contribution in [1.82, 2.24) is 9.78 Å². The molecule has 0 N–H and O–H groups in total. The monoisotopic (exact) mass is 216 g/mol. The molecule has 0 amide bonds. The number of aryl methyl sites for hydroxylation is 1. The van der Waals surface area contributed by atoms with Crippen LogP contribution in [-0.2, 0) is 13.5 Å². The second-order valence-corrected chi connectivity index (χ2v) is 3.48. The first-order chi connectivity index (χ1) is 7.77. The number of hydrogen-bond donors (Lipinski definition) is 0. The maximum absolute atomic E-state index is 4.27. The molecule has 0 spiro atoms. The molecule has 1 heterocycles. The first-order valence-corrected chi connectivity index (χ1v) is 5.77. The smallest absolute Gasteiger partial charge is 0.0571 e. The lowest BCUT2D eigenvalue weighted by molar-refractivity contribution is 0.700. The van der Waals surface area contributed by atoms with Crippen LogP contribution in [-0.4, -0.2) is 9.78 Å². The van der Waals surface area contributed by atoms with Gasteiger partial charge in [-0.25, -0.2) is 0 Å². The van der Waals surface area contributed by atoms with Crippen LogP contribution in [0.25, 0.3) is 5.57 Å². The molecule has 86 valence electrons. The molecule has 0 fully saturated rings. The van der Waals surface area contributed by atoms with Gasteiger partial charge in [0.2, 0.25) is 0 Å². The maximum Gasteiger partial charge on any atom is 0.0571 e. The van der Waals surface area contributed by atoms with E-state index in [1.54, 1.807) is 0 Å². The van der Waals surface area contributed by atoms with Crippen molar-refractivity contribution in [2.75, 3.05) is 0 Å². The first kappa shape index (κ1) is 12.5. The van der Waals surface area contributed by atoms with Gasteiger partial charge in [0.1, 0.15) is 0 Å². The van der Waals surface area contributed by atoms with Gasteiger partial charge in [0.25, 0.3) is 0 Å². The van der Waals surface area contributed by atoms with Crippen LogP contribution in [0.1, 0.15) is 31.5 Å². The van der Waals surface area contributed by atoms with Crippen molar-refractivity contribution in [1.29, 1.82) is 0 Å². The third-order valence-corrected chi connectivity index (χ3v) is 2.78. The average Bonchev–Trinajstić information content (AvgIpc) is 2.72. The fourth-order valence-corrected chi connectivity index (χ4v) is 2.00. The van der Waals surface area contributed by atoms with Crippen LogP contribution in [0, 0.1) is 0 Å². The van der Waals surface area contributed by atoms with Gasteiger partial charge in [-0.3, -0.25) is 4.68 Å². The number of fused-ring (bicyclic) bond motifs is 1.